The maximum Gasteiger partial charge on any atom is 0.347 e. The van der Waals surface area contributed by atoms with Crippen LogP contribution in [0.4, 0.5) is 5.69 Å². The van der Waals surface area contributed by atoms with Crippen LogP contribution in [0.2, 0.25) is 0 Å². The molecule has 1 atom stereocenters. The van der Waals surface area contributed by atoms with E-state index in [9.17, 15) is 13.2 Å². The van der Waals surface area contributed by atoms with Crippen LogP contribution in [0.3, 0.4) is 0 Å². The van der Waals surface area contributed by atoms with Crippen LogP contribution in [0.1, 0.15) is 39.5 Å². The molecule has 0 radical (unpaired) electrons. The molecule has 0 bridgehead atoms. The molecule has 0 amide bonds. The smallest absolute Gasteiger partial charge is 0.347 e. The lowest BCUT2D eigenvalue weighted by atomic mass is 10.1. The molecule has 1 unspecified atom stereocenters. The number of sulfone groups is 1. The normalized spacial score (nSPS) is 12.5. The Morgan fingerprint density at radius 1 is 0.969 bits per heavy atom. The summed E-state index contributed by atoms with van der Waals surface area (Å²) in [6, 6.07) is 12.2. The van der Waals surface area contributed by atoms with Crippen molar-refractivity contribution in [3.8, 4) is 5.75 Å². The minimum absolute atomic E-state index is 0.131. The lowest BCUT2D eigenvalue weighted by molar-refractivity contribution is -0.151. The molecule has 0 aromatic heterocycles. The molecule has 0 saturated heterocycles. The molecule has 0 aliphatic carbocycles. The lowest BCUT2D eigenvalue weighted by Gasteiger charge is -2.18. The Bertz CT molecular complexity index is 987. The molecule has 32 heavy (non-hydrogen) atoms. The lowest BCUT2D eigenvalue weighted by Crippen LogP contribution is -2.29. The van der Waals surface area contributed by atoms with Crippen molar-refractivity contribution < 1.29 is 22.7 Å². The Hall–Kier alpha value is -2.94. The predicted octanol–water partition coefficient (Wildman–Crippen LogP) is 4.97. The third-order valence-electron chi connectivity index (χ3n) is 4.52. The second kappa shape index (κ2) is 12.2. The van der Waals surface area contributed by atoms with E-state index in [-0.39, 0.29) is 16.4 Å². The maximum absolute atomic E-state index is 12.9. The van der Waals surface area contributed by atoms with Gasteiger partial charge in [-0.05, 0) is 68.3 Å². The van der Waals surface area contributed by atoms with Gasteiger partial charge in [0.1, 0.15) is 5.75 Å². The van der Waals surface area contributed by atoms with Gasteiger partial charge in [0.25, 0.3) is 0 Å². The molecule has 0 aliphatic rings. The number of nitrogens with zero attached hydrogens (tertiary/aromatic N) is 3. The van der Waals surface area contributed by atoms with E-state index in [1.165, 1.54) is 24.3 Å². The minimum Gasteiger partial charge on any atom is -0.479 e. The number of esters is 1. The van der Waals surface area contributed by atoms with Gasteiger partial charge in [-0.1, -0.05) is 25.0 Å². The molecular formula is C23H31N3O5S. The molecule has 0 spiro atoms. The topological polar surface area (TPSA) is 97.6 Å². The number of rotatable bonds is 12. The third-order valence-corrected chi connectivity index (χ3v) is 6.30. The van der Waals surface area contributed by atoms with Gasteiger partial charge in [-0.3, -0.25) is 5.01 Å². The monoisotopic (exact) mass is 461 g/mol. The van der Waals surface area contributed by atoms with Crippen LogP contribution in [0.25, 0.3) is 0 Å². The molecule has 174 valence electrons. The van der Waals surface area contributed by atoms with E-state index < -0.39 is 21.9 Å². The molecular weight excluding hydrogens is 430 g/mol. The van der Waals surface area contributed by atoms with Gasteiger partial charge < -0.3 is 9.47 Å². The Kier molecular flexibility index (Phi) is 9.64. The van der Waals surface area contributed by atoms with E-state index in [4.69, 9.17) is 9.47 Å². The highest BCUT2D eigenvalue weighted by Crippen LogP contribution is 2.26. The molecule has 0 aliphatic heterocycles. The second-order valence-corrected chi connectivity index (χ2v) is 9.31. The van der Waals surface area contributed by atoms with Crippen molar-refractivity contribution in [2.75, 3.05) is 20.7 Å². The first kappa shape index (κ1) is 25.3. The van der Waals surface area contributed by atoms with Gasteiger partial charge in [0.05, 0.1) is 22.1 Å². The van der Waals surface area contributed by atoms with Crippen LogP contribution in [-0.4, -0.2) is 46.2 Å². The third kappa shape index (κ3) is 7.33. The predicted molar refractivity (Wildman–Crippen MR) is 122 cm³/mol. The van der Waals surface area contributed by atoms with Gasteiger partial charge in [-0.25, -0.2) is 13.2 Å². The van der Waals surface area contributed by atoms with Crippen molar-refractivity contribution in [3.05, 3.63) is 48.5 Å². The van der Waals surface area contributed by atoms with E-state index in [2.05, 4.69) is 17.3 Å². The van der Waals surface area contributed by atoms with E-state index in [1.807, 2.05) is 0 Å². The summed E-state index contributed by atoms with van der Waals surface area (Å²) < 4.78 is 36.8. The fourth-order valence-corrected chi connectivity index (χ4v) is 4.13. The highest BCUT2D eigenvalue weighted by atomic mass is 32.2. The molecule has 0 fully saturated rings. The quantitative estimate of drug-likeness (QED) is 0.192. The van der Waals surface area contributed by atoms with Gasteiger partial charge in [-0.2, -0.15) is 0 Å². The highest BCUT2D eigenvalue weighted by Gasteiger charge is 2.22. The van der Waals surface area contributed by atoms with E-state index in [1.54, 1.807) is 50.3 Å². The zero-order valence-corrected chi connectivity index (χ0v) is 19.8. The SMILES string of the molecule is CCCCCC(Oc1ccc(S(=O)(=O)c2ccc(N=NN(C)C)cc2)cc1)C(=O)OCC. The average molecular weight is 462 g/mol. The molecule has 0 heterocycles. The van der Waals surface area contributed by atoms with Gasteiger partial charge in [0.15, 0.2) is 6.10 Å². The van der Waals surface area contributed by atoms with Crippen molar-refractivity contribution in [2.24, 2.45) is 10.3 Å². The zero-order valence-electron chi connectivity index (χ0n) is 19.0. The minimum atomic E-state index is -3.70. The van der Waals surface area contributed by atoms with Gasteiger partial charge in [0, 0.05) is 14.1 Å². The Morgan fingerprint density at radius 3 is 2.09 bits per heavy atom. The molecule has 2 aromatic rings. The van der Waals surface area contributed by atoms with Crippen LogP contribution >= 0.6 is 0 Å². The molecule has 0 saturated carbocycles. The fraction of sp³-hybridized carbons (Fsp3) is 0.435. The van der Waals surface area contributed by atoms with E-state index in [0.717, 1.165) is 19.3 Å². The Labute approximate surface area is 190 Å². The largest absolute Gasteiger partial charge is 0.479 e. The number of carbonyl (C=O) groups is 1. The first-order valence-electron chi connectivity index (χ1n) is 10.7. The number of hydrogen-bond donors (Lipinski definition) is 0. The van der Waals surface area contributed by atoms with Crippen molar-refractivity contribution >= 4 is 21.5 Å². The summed E-state index contributed by atoms with van der Waals surface area (Å²) in [5, 5.41) is 9.43. The summed E-state index contributed by atoms with van der Waals surface area (Å²) in [4.78, 5) is 12.5. The van der Waals surface area contributed by atoms with Gasteiger partial charge in [-0.15, -0.1) is 5.11 Å². The molecule has 8 nitrogen and oxygen atoms in total. The number of ether oxygens (including phenoxy) is 2. The zero-order chi connectivity index (χ0) is 23.6. The summed E-state index contributed by atoms with van der Waals surface area (Å²) in [6.07, 6.45) is 2.70. The number of hydrogen-bond acceptors (Lipinski definition) is 7. The highest BCUT2D eigenvalue weighted by molar-refractivity contribution is 7.91. The van der Waals surface area contributed by atoms with Crippen molar-refractivity contribution in [2.45, 2.75) is 55.4 Å². The van der Waals surface area contributed by atoms with Crippen LogP contribution < -0.4 is 4.74 Å². The van der Waals surface area contributed by atoms with Crippen molar-refractivity contribution in [1.82, 2.24) is 5.01 Å². The summed E-state index contributed by atoms with van der Waals surface area (Å²) in [6.45, 7) is 4.11. The van der Waals surface area contributed by atoms with Crippen molar-refractivity contribution in [1.29, 1.82) is 0 Å². The van der Waals surface area contributed by atoms with Crippen LogP contribution in [0.5, 0.6) is 5.75 Å². The standard InChI is InChI=1S/C23H31N3O5S/c1-5-7-8-9-22(23(27)30-6-2)31-19-12-16-21(17-13-19)32(28,29)20-14-10-18(11-15-20)24-25-26(3)4/h10-17,22H,5-9H2,1-4H3. The molecule has 2 aromatic carbocycles. The average Bonchev–Trinajstić information content (AvgIpc) is 2.78. The van der Waals surface area contributed by atoms with Crippen LogP contribution in [0, 0.1) is 0 Å². The second-order valence-electron chi connectivity index (χ2n) is 7.36. The van der Waals surface area contributed by atoms with Gasteiger partial charge >= 0.3 is 5.97 Å². The Morgan fingerprint density at radius 2 is 1.56 bits per heavy atom. The number of unbranched alkanes of at least 4 members (excludes halogenated alkanes) is 2. The van der Waals surface area contributed by atoms with Gasteiger partial charge in [0.2, 0.25) is 9.84 Å². The summed E-state index contributed by atoms with van der Waals surface area (Å²) in [5.74, 6) is 0.00440. The Balaban J connectivity index is 2.14. The number of carbonyl (C=O) groups excluding carboxylic acids is 1. The summed E-state index contributed by atoms with van der Waals surface area (Å²) in [7, 11) is -0.213. The van der Waals surface area contributed by atoms with E-state index in [0.29, 0.717) is 17.9 Å². The molecule has 2 rings (SSSR count). The van der Waals surface area contributed by atoms with Crippen LogP contribution in [0.15, 0.2) is 68.7 Å². The summed E-state index contributed by atoms with van der Waals surface area (Å²) in [5.41, 5.74) is 0.550. The van der Waals surface area contributed by atoms with E-state index >= 15 is 0 Å². The summed E-state index contributed by atoms with van der Waals surface area (Å²) >= 11 is 0. The molecule has 0 N–H and O–H groups in total. The maximum atomic E-state index is 12.9. The number of benzene rings is 2. The van der Waals surface area contributed by atoms with Crippen LogP contribution in [-0.2, 0) is 19.4 Å². The fourth-order valence-electron chi connectivity index (χ4n) is 2.87. The molecule has 9 heteroatoms. The first-order chi connectivity index (χ1) is 15.3. The van der Waals surface area contributed by atoms with Crippen molar-refractivity contribution in [3.63, 3.8) is 0 Å². The first-order valence-corrected chi connectivity index (χ1v) is 12.1.